The Hall–Kier alpha value is -1.79. The maximum absolute atomic E-state index is 11.3. The summed E-state index contributed by atoms with van der Waals surface area (Å²) in [5.74, 6) is -1.23. The monoisotopic (exact) mass is 245 g/mol. The van der Waals surface area contributed by atoms with Crippen molar-refractivity contribution in [3.63, 3.8) is 0 Å². The van der Waals surface area contributed by atoms with Crippen molar-refractivity contribution in [1.29, 1.82) is 0 Å². The van der Waals surface area contributed by atoms with Crippen LogP contribution in [0.1, 0.15) is 20.3 Å². The summed E-state index contributed by atoms with van der Waals surface area (Å²) in [7, 11) is 1.37. The minimum atomic E-state index is -1.08. The molecule has 0 heterocycles. The minimum Gasteiger partial charge on any atom is -0.480 e. The van der Waals surface area contributed by atoms with Crippen LogP contribution in [-0.2, 0) is 9.59 Å². The molecule has 0 aliphatic heterocycles. The van der Waals surface area contributed by atoms with Gasteiger partial charge in [0.2, 0.25) is 5.91 Å². The Bertz CT molecular complexity index is 291. The molecule has 0 saturated heterocycles. The van der Waals surface area contributed by atoms with Crippen LogP contribution in [-0.4, -0.2) is 54.1 Å². The number of carboxylic acids is 1. The van der Waals surface area contributed by atoms with Crippen molar-refractivity contribution in [2.75, 3.05) is 20.1 Å². The second-order valence-corrected chi connectivity index (χ2v) is 3.95. The fourth-order valence-electron chi connectivity index (χ4n) is 1.09. The van der Waals surface area contributed by atoms with E-state index in [0.717, 1.165) is 4.90 Å². The number of carbonyl (C=O) groups is 3. The summed E-state index contributed by atoms with van der Waals surface area (Å²) in [5, 5.41) is 13.6. The molecule has 0 spiro atoms. The molecule has 3 N–H and O–H groups in total. The van der Waals surface area contributed by atoms with Gasteiger partial charge in [-0.2, -0.15) is 0 Å². The smallest absolute Gasteiger partial charge is 0.323 e. The zero-order valence-corrected chi connectivity index (χ0v) is 10.3. The van der Waals surface area contributed by atoms with Crippen molar-refractivity contribution in [1.82, 2.24) is 15.5 Å². The van der Waals surface area contributed by atoms with Gasteiger partial charge in [-0.3, -0.25) is 9.59 Å². The molecule has 0 aliphatic rings. The Kier molecular flexibility index (Phi) is 6.69. The van der Waals surface area contributed by atoms with Crippen molar-refractivity contribution in [2.24, 2.45) is 0 Å². The molecule has 17 heavy (non-hydrogen) atoms. The van der Waals surface area contributed by atoms with Crippen LogP contribution in [0.2, 0.25) is 0 Å². The summed E-state index contributed by atoms with van der Waals surface area (Å²) >= 11 is 0. The zero-order valence-electron chi connectivity index (χ0n) is 10.3. The Morgan fingerprint density at radius 3 is 2.35 bits per heavy atom. The van der Waals surface area contributed by atoms with E-state index in [0.29, 0.717) is 0 Å². The lowest BCUT2D eigenvalue weighted by molar-refractivity contribution is -0.137. The van der Waals surface area contributed by atoms with Gasteiger partial charge in [0.25, 0.3) is 0 Å². The molecule has 0 unspecified atom stereocenters. The molecule has 0 radical (unpaired) electrons. The van der Waals surface area contributed by atoms with Crippen molar-refractivity contribution in [2.45, 2.75) is 26.3 Å². The average Bonchev–Trinajstić information content (AvgIpc) is 2.14. The highest BCUT2D eigenvalue weighted by atomic mass is 16.4. The fourth-order valence-corrected chi connectivity index (χ4v) is 1.09. The van der Waals surface area contributed by atoms with Gasteiger partial charge in [-0.1, -0.05) is 0 Å². The summed E-state index contributed by atoms with van der Waals surface area (Å²) in [6, 6.07) is -0.447. The van der Waals surface area contributed by atoms with Gasteiger partial charge in [-0.15, -0.1) is 0 Å². The topological polar surface area (TPSA) is 98.7 Å². The predicted octanol–water partition coefficient (Wildman–Crippen LogP) is -0.373. The number of rotatable bonds is 6. The van der Waals surface area contributed by atoms with Crippen LogP contribution in [0.15, 0.2) is 0 Å². The number of aliphatic carboxylic acids is 1. The Balaban J connectivity index is 3.77. The van der Waals surface area contributed by atoms with E-state index < -0.39 is 12.0 Å². The maximum Gasteiger partial charge on any atom is 0.323 e. The van der Waals surface area contributed by atoms with E-state index in [2.05, 4.69) is 10.6 Å². The summed E-state index contributed by atoms with van der Waals surface area (Å²) in [6.45, 7) is 3.50. The number of carbonyl (C=O) groups excluding carboxylic acids is 2. The third kappa shape index (κ3) is 8.06. The quantitative estimate of drug-likeness (QED) is 0.594. The first-order valence-corrected chi connectivity index (χ1v) is 5.33. The zero-order chi connectivity index (χ0) is 13.4. The van der Waals surface area contributed by atoms with Crippen LogP contribution in [0.3, 0.4) is 0 Å². The Labute approximate surface area is 100 Å². The third-order valence-electron chi connectivity index (χ3n) is 1.80. The van der Waals surface area contributed by atoms with Gasteiger partial charge < -0.3 is 20.6 Å². The maximum atomic E-state index is 11.3. The van der Waals surface area contributed by atoms with E-state index >= 15 is 0 Å². The lowest BCUT2D eigenvalue weighted by atomic mass is 10.3. The number of hydrogen-bond acceptors (Lipinski definition) is 3. The average molecular weight is 245 g/mol. The fraction of sp³-hybridized carbons (Fsp3) is 0.700. The van der Waals surface area contributed by atoms with Crippen LogP contribution >= 0.6 is 0 Å². The Morgan fingerprint density at radius 1 is 1.29 bits per heavy atom. The third-order valence-corrected chi connectivity index (χ3v) is 1.80. The summed E-state index contributed by atoms with van der Waals surface area (Å²) in [6.07, 6.45) is 0.171. The molecule has 0 aromatic carbocycles. The number of carboxylic acid groups (broad SMARTS) is 1. The molecule has 7 heteroatoms. The van der Waals surface area contributed by atoms with Crippen molar-refractivity contribution in [3.8, 4) is 0 Å². The first-order valence-electron chi connectivity index (χ1n) is 5.33. The lowest BCUT2D eigenvalue weighted by Crippen LogP contribution is -2.41. The normalized spacial score (nSPS) is 9.88. The van der Waals surface area contributed by atoms with Crippen molar-refractivity contribution in [3.05, 3.63) is 0 Å². The second kappa shape index (κ2) is 7.48. The van der Waals surface area contributed by atoms with E-state index in [1.807, 2.05) is 13.8 Å². The van der Waals surface area contributed by atoms with Crippen molar-refractivity contribution >= 4 is 17.9 Å². The Morgan fingerprint density at radius 2 is 1.88 bits per heavy atom. The highest BCUT2D eigenvalue weighted by molar-refractivity contribution is 5.81. The number of nitrogens with one attached hydrogen (secondary N) is 2. The number of hydrogen-bond donors (Lipinski definition) is 3. The van der Waals surface area contributed by atoms with E-state index in [9.17, 15) is 14.4 Å². The minimum absolute atomic E-state index is 0.0629. The molecule has 0 bridgehead atoms. The molecular formula is C10H19N3O4. The molecule has 0 saturated carbocycles. The van der Waals surface area contributed by atoms with Gasteiger partial charge >= 0.3 is 12.0 Å². The molecule has 3 amide bonds. The molecule has 98 valence electrons. The van der Waals surface area contributed by atoms with E-state index in [1.165, 1.54) is 7.05 Å². The highest BCUT2D eigenvalue weighted by Crippen LogP contribution is 1.86. The van der Waals surface area contributed by atoms with Crippen LogP contribution in [0.4, 0.5) is 4.79 Å². The molecule has 0 fully saturated rings. The summed E-state index contributed by atoms with van der Waals surface area (Å²) in [4.78, 5) is 33.9. The van der Waals surface area contributed by atoms with Gasteiger partial charge in [0.15, 0.2) is 0 Å². The van der Waals surface area contributed by atoms with Gasteiger partial charge in [0, 0.05) is 26.1 Å². The van der Waals surface area contributed by atoms with Crippen LogP contribution in [0.5, 0.6) is 0 Å². The molecular weight excluding hydrogens is 226 g/mol. The van der Waals surface area contributed by atoms with E-state index in [1.54, 1.807) is 0 Å². The van der Waals surface area contributed by atoms with Gasteiger partial charge in [0.1, 0.15) is 6.54 Å². The molecule has 0 aromatic heterocycles. The first-order chi connectivity index (χ1) is 7.82. The van der Waals surface area contributed by atoms with Crippen LogP contribution in [0, 0.1) is 0 Å². The molecule has 0 atom stereocenters. The molecule has 0 aliphatic carbocycles. The van der Waals surface area contributed by atoms with E-state index in [4.69, 9.17) is 5.11 Å². The number of urea groups is 1. The largest absolute Gasteiger partial charge is 0.480 e. The van der Waals surface area contributed by atoms with Gasteiger partial charge in [-0.25, -0.2) is 4.79 Å². The van der Waals surface area contributed by atoms with Crippen LogP contribution < -0.4 is 10.6 Å². The number of nitrogens with zero attached hydrogens (tertiary/aromatic N) is 1. The molecule has 0 rings (SSSR count). The van der Waals surface area contributed by atoms with E-state index in [-0.39, 0.29) is 31.5 Å². The van der Waals surface area contributed by atoms with Gasteiger partial charge in [0.05, 0.1) is 0 Å². The highest BCUT2D eigenvalue weighted by Gasteiger charge is 2.11. The lowest BCUT2D eigenvalue weighted by Gasteiger charge is -2.15. The SMILES string of the molecule is CC(C)NC(=O)CCNC(=O)N(C)CC(=O)O. The van der Waals surface area contributed by atoms with Crippen molar-refractivity contribution < 1.29 is 19.5 Å². The number of likely N-dealkylation sites (N-methyl/N-ethyl adjacent to an activating group) is 1. The summed E-state index contributed by atoms with van der Waals surface area (Å²) < 4.78 is 0. The molecule has 0 aromatic rings. The van der Waals surface area contributed by atoms with Crippen LogP contribution in [0.25, 0.3) is 0 Å². The van der Waals surface area contributed by atoms with Gasteiger partial charge in [-0.05, 0) is 13.8 Å². The second-order valence-electron chi connectivity index (χ2n) is 3.95. The first kappa shape index (κ1) is 15.2. The predicted molar refractivity (Wildman–Crippen MR) is 61.6 cm³/mol. The summed E-state index contributed by atoms with van der Waals surface area (Å²) in [5.41, 5.74) is 0. The standard InChI is InChI=1S/C10H19N3O4/c1-7(2)12-8(14)4-5-11-10(17)13(3)6-9(15)16/h7H,4-6H2,1-3H3,(H,11,17)(H,12,14)(H,15,16). The number of amides is 3. The molecule has 7 nitrogen and oxygen atoms in total.